The first kappa shape index (κ1) is 25.5. The van der Waals surface area contributed by atoms with E-state index >= 15 is 0 Å². The molecule has 25 heavy (non-hydrogen) atoms. The summed E-state index contributed by atoms with van der Waals surface area (Å²) in [4.78, 5) is 0. The van der Waals surface area contributed by atoms with Gasteiger partial charge in [-0.3, -0.25) is 0 Å². The molecule has 1 unspecified atom stereocenters. The van der Waals surface area contributed by atoms with Crippen molar-refractivity contribution < 1.29 is 8.53 Å². The summed E-state index contributed by atoms with van der Waals surface area (Å²) in [5.41, 5.74) is 0. The average molecular weight is 371 g/mol. The van der Waals surface area contributed by atoms with Gasteiger partial charge in [-0.15, -0.1) is 0 Å². The van der Waals surface area contributed by atoms with E-state index < -0.39 is 14.5 Å². The van der Waals surface area contributed by atoms with Crippen molar-refractivity contribution in [3.05, 3.63) is 0 Å². The quantitative estimate of drug-likeness (QED) is 0.123. The second-order valence-electron chi connectivity index (χ2n) is 7.66. The van der Waals surface area contributed by atoms with Gasteiger partial charge in [0.25, 0.3) is 0 Å². The Bertz CT molecular complexity index is 236. The summed E-state index contributed by atoms with van der Waals surface area (Å²) in [5, 5.41) is 2.69. The van der Waals surface area contributed by atoms with E-state index in [-0.39, 0.29) is 6.29 Å². The van der Waals surface area contributed by atoms with E-state index in [4.69, 9.17) is 8.53 Å². The summed E-state index contributed by atoms with van der Waals surface area (Å²) in [6.07, 6.45) is 18.8. The minimum Gasteiger partial charge on any atom is -0.478 e. The molecule has 0 aromatic heterocycles. The predicted molar refractivity (Wildman–Crippen MR) is 114 cm³/mol. The molecule has 0 fully saturated rings. The molecule has 0 spiro atoms. The van der Waals surface area contributed by atoms with Gasteiger partial charge in [0, 0.05) is 6.61 Å². The lowest BCUT2D eigenvalue weighted by Gasteiger charge is -2.20. The van der Waals surface area contributed by atoms with E-state index in [1.54, 1.807) is 0 Å². The summed E-state index contributed by atoms with van der Waals surface area (Å²) in [5.74, 6) is 0. The van der Waals surface area contributed by atoms with E-state index in [2.05, 4.69) is 27.7 Å². The normalized spacial score (nSPS) is 12.5. The molecular weight excluding hydrogens is 323 g/mol. The van der Waals surface area contributed by atoms with Crippen molar-refractivity contribution in [1.29, 1.82) is 0 Å². The van der Waals surface area contributed by atoms with Gasteiger partial charge in [-0.1, -0.05) is 115 Å². The lowest BCUT2D eigenvalue weighted by molar-refractivity contribution is -0.0709. The minimum atomic E-state index is -1.08. The van der Waals surface area contributed by atoms with Crippen molar-refractivity contribution in [2.24, 2.45) is 0 Å². The molecule has 0 heterocycles. The highest BCUT2D eigenvalue weighted by molar-refractivity contribution is 6.51. The molecule has 0 aliphatic heterocycles. The van der Waals surface area contributed by atoms with Crippen LogP contribution in [-0.2, 0) is 8.53 Å². The fraction of sp³-hybridized carbons (Fsp3) is 1.00. The molecule has 0 saturated carbocycles. The Balaban J connectivity index is 3.85. The number of hydrogen-bond donors (Lipinski definition) is 0. The summed E-state index contributed by atoms with van der Waals surface area (Å²) >= 11 is -1.08. The lowest BCUT2D eigenvalue weighted by Crippen LogP contribution is -2.26. The van der Waals surface area contributed by atoms with Gasteiger partial charge in [0.15, 0.2) is 0 Å². The van der Waals surface area contributed by atoms with Crippen molar-refractivity contribution in [2.45, 2.75) is 134 Å². The van der Waals surface area contributed by atoms with Gasteiger partial charge in [0.1, 0.15) is 6.29 Å². The van der Waals surface area contributed by atoms with Crippen LogP contribution in [0.3, 0.4) is 0 Å². The maximum atomic E-state index is 6.37. The van der Waals surface area contributed by atoms with Crippen LogP contribution in [-0.4, -0.2) is 27.4 Å². The molecule has 0 bridgehead atoms. The topological polar surface area (TPSA) is 18.5 Å². The zero-order chi connectivity index (χ0) is 18.6. The van der Waals surface area contributed by atoms with Gasteiger partial charge in [-0.25, -0.2) is 0 Å². The molecule has 0 rings (SSSR count). The maximum absolute atomic E-state index is 6.37. The molecule has 0 aromatic carbocycles. The number of ether oxygens (including phenoxy) is 1. The van der Waals surface area contributed by atoms with Crippen LogP contribution < -0.4 is 0 Å². The molecular formula is C22H47AlO2. The summed E-state index contributed by atoms with van der Waals surface area (Å²) < 4.78 is 12.3. The van der Waals surface area contributed by atoms with E-state index in [1.165, 1.54) is 100 Å². The smallest absolute Gasteiger partial charge is 0.462 e. The second kappa shape index (κ2) is 20.8. The van der Waals surface area contributed by atoms with E-state index in [9.17, 15) is 0 Å². The predicted octanol–water partition coefficient (Wildman–Crippen LogP) is 7.88. The molecule has 0 amide bonds. The van der Waals surface area contributed by atoms with E-state index in [1.807, 2.05) is 0 Å². The molecule has 3 heteroatoms. The zero-order valence-corrected chi connectivity index (χ0v) is 19.1. The highest BCUT2D eigenvalue weighted by atomic mass is 27.2. The molecule has 1 atom stereocenters. The Hall–Kier alpha value is 0.452. The Morgan fingerprint density at radius 3 is 1.56 bits per heavy atom. The summed E-state index contributed by atoms with van der Waals surface area (Å²) in [6, 6.07) is 0. The monoisotopic (exact) mass is 370 g/mol. The SMILES string of the molecule is CCCCCCCCOC(C)[O][Al]([CH2]CCCCC)[CH2]CCCCC. The molecule has 0 radical (unpaired) electrons. The van der Waals surface area contributed by atoms with Crippen molar-refractivity contribution >= 4 is 14.5 Å². The fourth-order valence-corrected chi connectivity index (χ4v) is 5.99. The first-order valence-corrected chi connectivity index (χ1v) is 13.6. The van der Waals surface area contributed by atoms with Crippen molar-refractivity contribution in [1.82, 2.24) is 0 Å². The molecule has 0 aliphatic carbocycles. The Morgan fingerprint density at radius 2 is 1.04 bits per heavy atom. The van der Waals surface area contributed by atoms with Crippen molar-refractivity contribution in [2.75, 3.05) is 6.61 Å². The van der Waals surface area contributed by atoms with E-state index in [0.29, 0.717) is 0 Å². The highest BCUT2D eigenvalue weighted by Crippen LogP contribution is 2.16. The Labute approximate surface area is 164 Å². The van der Waals surface area contributed by atoms with Gasteiger partial charge in [-0.05, 0) is 13.3 Å². The van der Waals surface area contributed by atoms with Crippen LogP contribution in [0.1, 0.15) is 118 Å². The maximum Gasteiger partial charge on any atom is 0.462 e. The van der Waals surface area contributed by atoms with Gasteiger partial charge >= 0.3 is 14.5 Å². The highest BCUT2D eigenvalue weighted by Gasteiger charge is 2.22. The minimum absolute atomic E-state index is 0.0182. The van der Waals surface area contributed by atoms with Crippen LogP contribution in [0, 0.1) is 0 Å². The third-order valence-electron chi connectivity index (χ3n) is 4.99. The molecule has 0 saturated heterocycles. The third-order valence-corrected chi connectivity index (χ3v) is 7.87. The Kier molecular flexibility index (Phi) is 21.1. The van der Waals surface area contributed by atoms with Crippen molar-refractivity contribution in [3.63, 3.8) is 0 Å². The van der Waals surface area contributed by atoms with Crippen LogP contribution >= 0.6 is 0 Å². The van der Waals surface area contributed by atoms with Crippen LogP contribution in [0.25, 0.3) is 0 Å². The fourth-order valence-electron chi connectivity index (χ4n) is 3.32. The number of unbranched alkanes of at least 4 members (excludes halogenated alkanes) is 11. The summed E-state index contributed by atoms with van der Waals surface area (Å²) in [7, 11) is 0. The standard InChI is InChI=1S/C10H21O2.2C6H13.Al/c1-3-4-5-6-7-8-9-12-10(2)11;2*1-3-5-6-4-2;/h10H,3-9H2,1-2H3;2*1,3-6H2,2H3;/q-1;;;+1. The van der Waals surface area contributed by atoms with Gasteiger partial charge in [0.05, 0.1) is 0 Å². The summed E-state index contributed by atoms with van der Waals surface area (Å²) in [6.45, 7) is 9.84. The lowest BCUT2D eigenvalue weighted by atomic mass is 10.1. The largest absolute Gasteiger partial charge is 0.478 e. The number of hydrogen-bond acceptors (Lipinski definition) is 2. The Morgan fingerprint density at radius 1 is 0.600 bits per heavy atom. The molecule has 0 N–H and O–H groups in total. The van der Waals surface area contributed by atoms with Crippen LogP contribution in [0.5, 0.6) is 0 Å². The van der Waals surface area contributed by atoms with Gasteiger partial charge in [-0.2, -0.15) is 0 Å². The first-order chi connectivity index (χ1) is 12.2. The third kappa shape index (κ3) is 19.0. The van der Waals surface area contributed by atoms with Crippen LogP contribution in [0.15, 0.2) is 0 Å². The van der Waals surface area contributed by atoms with Gasteiger partial charge in [0.2, 0.25) is 0 Å². The van der Waals surface area contributed by atoms with Crippen molar-refractivity contribution in [3.8, 4) is 0 Å². The van der Waals surface area contributed by atoms with Crippen LogP contribution in [0.2, 0.25) is 10.6 Å². The van der Waals surface area contributed by atoms with Gasteiger partial charge < -0.3 is 8.53 Å². The molecule has 0 aliphatic rings. The molecule has 0 aromatic rings. The molecule has 150 valence electrons. The number of rotatable bonds is 20. The first-order valence-electron chi connectivity index (χ1n) is 11.5. The molecule has 2 nitrogen and oxygen atoms in total. The average Bonchev–Trinajstić information content (AvgIpc) is 2.61. The van der Waals surface area contributed by atoms with E-state index in [0.717, 1.165) is 6.61 Å². The van der Waals surface area contributed by atoms with Crippen LogP contribution in [0.4, 0.5) is 0 Å². The zero-order valence-electron chi connectivity index (χ0n) is 18.0. The second-order valence-corrected chi connectivity index (χ2v) is 10.3.